The summed E-state index contributed by atoms with van der Waals surface area (Å²) in [5.74, 6) is 1.71. The van der Waals surface area contributed by atoms with Gasteiger partial charge < -0.3 is 14.6 Å². The minimum atomic E-state index is -0.225. The molecule has 1 aromatic heterocycles. The summed E-state index contributed by atoms with van der Waals surface area (Å²) in [7, 11) is 0. The van der Waals surface area contributed by atoms with Crippen LogP contribution in [0, 0.1) is 6.92 Å². The maximum atomic E-state index is 12.9. The van der Waals surface area contributed by atoms with Crippen molar-refractivity contribution in [1.29, 1.82) is 0 Å². The molecule has 0 aliphatic heterocycles. The van der Waals surface area contributed by atoms with Crippen LogP contribution in [0.4, 0.5) is 0 Å². The first kappa shape index (κ1) is 24.3. The first-order valence-corrected chi connectivity index (χ1v) is 12.2. The Balaban J connectivity index is 1.43. The molecule has 0 aliphatic carbocycles. The summed E-state index contributed by atoms with van der Waals surface area (Å²) >= 11 is 0. The topological polar surface area (TPSA) is 56.1 Å². The fourth-order valence-electron chi connectivity index (χ4n) is 4.35. The van der Waals surface area contributed by atoms with E-state index < -0.39 is 0 Å². The summed E-state index contributed by atoms with van der Waals surface area (Å²) in [4.78, 5) is 17.8. The van der Waals surface area contributed by atoms with Crippen molar-refractivity contribution in [2.24, 2.45) is 0 Å². The van der Waals surface area contributed by atoms with Crippen LogP contribution in [0.25, 0.3) is 11.0 Å². The van der Waals surface area contributed by atoms with Crippen LogP contribution in [0.3, 0.4) is 0 Å². The summed E-state index contributed by atoms with van der Waals surface area (Å²) in [6.45, 7) is 9.23. The first-order chi connectivity index (χ1) is 17.1. The van der Waals surface area contributed by atoms with Crippen molar-refractivity contribution in [2.45, 2.75) is 45.7 Å². The number of para-hydroxylation sites is 3. The predicted octanol–water partition coefficient (Wildman–Crippen LogP) is 6.42. The zero-order chi connectivity index (χ0) is 24.6. The molecule has 4 rings (SSSR count). The van der Waals surface area contributed by atoms with Crippen molar-refractivity contribution < 1.29 is 9.53 Å². The second-order valence-corrected chi connectivity index (χ2v) is 8.78. The number of nitrogens with one attached hydrogen (secondary N) is 1. The number of benzene rings is 3. The number of hydrogen-bond acceptors (Lipinski definition) is 3. The summed E-state index contributed by atoms with van der Waals surface area (Å²) in [6, 6.07) is 23.7. The normalized spacial score (nSPS) is 11.8. The standard InChI is InChI=1S/C30H33N3O2/c1-4-13-24-15-6-10-19-28(24)35-21-12-11-20-33-27-18-9-8-17-26(27)32-29(33)23(3)31-30(34)25-16-7-5-14-22(25)2/h4-10,14-19,23H,1,11-13,20-21H2,2-3H3,(H,31,34). The van der Waals surface area contributed by atoms with Crippen LogP contribution in [0.5, 0.6) is 5.75 Å². The van der Waals surface area contributed by atoms with Crippen LogP contribution < -0.4 is 10.1 Å². The van der Waals surface area contributed by atoms with Gasteiger partial charge >= 0.3 is 0 Å². The average molecular weight is 468 g/mol. The molecule has 0 saturated carbocycles. The maximum absolute atomic E-state index is 12.9. The summed E-state index contributed by atoms with van der Waals surface area (Å²) in [6.07, 6.45) is 4.55. The smallest absolute Gasteiger partial charge is 0.252 e. The Labute approximate surface area is 207 Å². The van der Waals surface area contributed by atoms with Crippen LogP contribution >= 0.6 is 0 Å². The maximum Gasteiger partial charge on any atom is 0.252 e. The molecular formula is C30H33N3O2. The molecular weight excluding hydrogens is 434 g/mol. The molecule has 0 aliphatic rings. The SMILES string of the molecule is C=CCc1ccccc1OCCCCn1c(C(C)NC(=O)c2ccccc2C)nc2ccccc21. The molecule has 1 N–H and O–H groups in total. The lowest BCUT2D eigenvalue weighted by Crippen LogP contribution is -2.29. The number of unbranched alkanes of at least 4 members (excludes halogenated alkanes) is 1. The van der Waals surface area contributed by atoms with Gasteiger partial charge in [0.2, 0.25) is 0 Å². The third kappa shape index (κ3) is 5.80. The van der Waals surface area contributed by atoms with E-state index in [1.807, 2.05) is 80.6 Å². The number of fused-ring (bicyclic) bond motifs is 1. The van der Waals surface area contributed by atoms with Crippen molar-refractivity contribution in [3.05, 3.63) is 108 Å². The Bertz CT molecular complexity index is 1310. The quantitative estimate of drug-likeness (QED) is 0.204. The fourth-order valence-corrected chi connectivity index (χ4v) is 4.35. The highest BCUT2D eigenvalue weighted by molar-refractivity contribution is 5.95. The molecule has 3 aromatic carbocycles. The lowest BCUT2D eigenvalue weighted by atomic mass is 10.1. The van der Waals surface area contributed by atoms with Crippen LogP contribution in [0.2, 0.25) is 0 Å². The first-order valence-electron chi connectivity index (χ1n) is 12.2. The van der Waals surface area contributed by atoms with Gasteiger partial charge in [-0.1, -0.05) is 54.6 Å². The highest BCUT2D eigenvalue weighted by atomic mass is 16.5. The molecule has 0 bridgehead atoms. The molecule has 0 fully saturated rings. The molecule has 180 valence electrons. The Kier molecular flexibility index (Phi) is 7.99. The number of carbonyl (C=O) groups excluding carboxylic acids is 1. The van der Waals surface area contributed by atoms with Gasteiger partial charge in [-0.25, -0.2) is 4.98 Å². The third-order valence-corrected chi connectivity index (χ3v) is 6.18. The van der Waals surface area contributed by atoms with Crippen LogP contribution in [-0.4, -0.2) is 22.1 Å². The summed E-state index contributed by atoms with van der Waals surface area (Å²) in [5, 5.41) is 3.14. The van der Waals surface area contributed by atoms with E-state index in [9.17, 15) is 4.79 Å². The number of hydrogen-bond donors (Lipinski definition) is 1. The molecule has 1 atom stereocenters. The van der Waals surface area contributed by atoms with E-state index in [1.54, 1.807) is 0 Å². The highest BCUT2D eigenvalue weighted by Crippen LogP contribution is 2.23. The molecule has 0 spiro atoms. The van der Waals surface area contributed by atoms with E-state index in [0.29, 0.717) is 12.2 Å². The molecule has 1 amide bonds. The minimum Gasteiger partial charge on any atom is -0.493 e. The third-order valence-electron chi connectivity index (χ3n) is 6.18. The van der Waals surface area contributed by atoms with Crippen molar-refractivity contribution in [2.75, 3.05) is 6.61 Å². The van der Waals surface area contributed by atoms with Crippen LogP contribution in [0.1, 0.15) is 53.1 Å². The van der Waals surface area contributed by atoms with E-state index in [4.69, 9.17) is 9.72 Å². The minimum absolute atomic E-state index is 0.0826. The van der Waals surface area contributed by atoms with Gasteiger partial charge in [0.15, 0.2) is 0 Å². The molecule has 1 unspecified atom stereocenters. The highest BCUT2D eigenvalue weighted by Gasteiger charge is 2.19. The number of nitrogens with zero attached hydrogens (tertiary/aromatic N) is 2. The number of allylic oxidation sites excluding steroid dienone is 1. The Morgan fingerprint density at radius 3 is 2.63 bits per heavy atom. The van der Waals surface area contributed by atoms with E-state index in [0.717, 1.165) is 59.5 Å². The number of aromatic nitrogens is 2. The summed E-state index contributed by atoms with van der Waals surface area (Å²) < 4.78 is 8.28. The lowest BCUT2D eigenvalue weighted by molar-refractivity contribution is 0.0937. The molecule has 0 saturated heterocycles. The van der Waals surface area contributed by atoms with Gasteiger partial charge in [-0.05, 0) is 68.5 Å². The Hall–Kier alpha value is -3.86. The number of rotatable bonds is 11. The fraction of sp³-hybridized carbons (Fsp3) is 0.267. The van der Waals surface area contributed by atoms with Crippen molar-refractivity contribution >= 4 is 16.9 Å². The van der Waals surface area contributed by atoms with Gasteiger partial charge in [-0.15, -0.1) is 6.58 Å². The molecule has 5 heteroatoms. The second-order valence-electron chi connectivity index (χ2n) is 8.78. The predicted molar refractivity (Wildman–Crippen MR) is 142 cm³/mol. The molecule has 35 heavy (non-hydrogen) atoms. The molecule has 1 heterocycles. The van der Waals surface area contributed by atoms with Gasteiger partial charge in [-0.2, -0.15) is 0 Å². The second kappa shape index (κ2) is 11.5. The number of imidazole rings is 1. The van der Waals surface area contributed by atoms with Crippen LogP contribution in [0.15, 0.2) is 85.5 Å². The van der Waals surface area contributed by atoms with Gasteiger partial charge in [0.25, 0.3) is 5.91 Å². The van der Waals surface area contributed by atoms with Gasteiger partial charge in [0.1, 0.15) is 11.6 Å². The number of amides is 1. The number of ether oxygens (including phenoxy) is 1. The van der Waals surface area contributed by atoms with E-state index in [2.05, 4.69) is 28.6 Å². The Morgan fingerprint density at radius 2 is 1.80 bits per heavy atom. The summed E-state index contributed by atoms with van der Waals surface area (Å²) in [5.41, 5.74) is 4.82. The van der Waals surface area contributed by atoms with Crippen LogP contribution in [-0.2, 0) is 13.0 Å². The lowest BCUT2D eigenvalue weighted by Gasteiger charge is -2.17. The van der Waals surface area contributed by atoms with Gasteiger partial charge in [0, 0.05) is 12.1 Å². The molecule has 4 aromatic rings. The van der Waals surface area contributed by atoms with E-state index in [1.165, 1.54) is 0 Å². The zero-order valence-electron chi connectivity index (χ0n) is 20.5. The average Bonchev–Trinajstić information content (AvgIpc) is 3.24. The Morgan fingerprint density at radius 1 is 1.06 bits per heavy atom. The van der Waals surface area contributed by atoms with Crippen molar-refractivity contribution in [3.8, 4) is 5.75 Å². The monoisotopic (exact) mass is 467 g/mol. The van der Waals surface area contributed by atoms with Gasteiger partial charge in [0.05, 0.1) is 23.7 Å². The molecule has 0 radical (unpaired) electrons. The number of aryl methyl sites for hydroxylation is 2. The molecule has 5 nitrogen and oxygen atoms in total. The largest absolute Gasteiger partial charge is 0.493 e. The van der Waals surface area contributed by atoms with Gasteiger partial charge in [-0.3, -0.25) is 4.79 Å². The zero-order valence-corrected chi connectivity index (χ0v) is 20.5. The van der Waals surface area contributed by atoms with E-state index in [-0.39, 0.29) is 11.9 Å². The number of carbonyl (C=O) groups is 1. The van der Waals surface area contributed by atoms with Crippen molar-refractivity contribution in [1.82, 2.24) is 14.9 Å². The van der Waals surface area contributed by atoms with Crippen molar-refractivity contribution in [3.63, 3.8) is 0 Å². The van der Waals surface area contributed by atoms with E-state index >= 15 is 0 Å².